The van der Waals surface area contributed by atoms with Crippen LogP contribution >= 0.6 is 11.6 Å². The van der Waals surface area contributed by atoms with Gasteiger partial charge in [0.05, 0.1) is 6.00 Å². The molecule has 54 valence electrons. The quantitative estimate of drug-likeness (QED) is 0.468. The summed E-state index contributed by atoms with van der Waals surface area (Å²) in [7, 11) is 1.96. The average Bonchev–Trinajstić information content (AvgIpc) is 2.05. The van der Waals surface area contributed by atoms with E-state index in [0.717, 1.165) is 5.69 Å². The van der Waals surface area contributed by atoms with Crippen LogP contribution in [0.2, 0.25) is 0 Å². The molecule has 0 spiro atoms. The second-order valence-corrected chi connectivity index (χ2v) is 2.39. The maximum atomic E-state index is 5.61. The van der Waals surface area contributed by atoms with E-state index in [1.165, 1.54) is 0 Å². The van der Waals surface area contributed by atoms with E-state index >= 15 is 0 Å². The van der Waals surface area contributed by atoms with E-state index < -0.39 is 0 Å². The first kappa shape index (κ1) is 7.42. The first-order chi connectivity index (χ1) is 4.84. The first-order valence-corrected chi connectivity index (χ1v) is 3.70. The van der Waals surface area contributed by atoms with Gasteiger partial charge in [-0.05, 0) is 12.1 Å². The molecule has 0 radical (unpaired) electrons. The Hall–Kier alpha value is -0.690. The highest BCUT2D eigenvalue weighted by atomic mass is 35.5. The zero-order valence-corrected chi connectivity index (χ0v) is 6.67. The molecule has 2 heteroatoms. The molecule has 1 aromatic rings. The number of rotatable bonds is 2. The van der Waals surface area contributed by atoms with Crippen LogP contribution in [0.1, 0.15) is 0 Å². The molecule has 0 N–H and O–H groups in total. The molecule has 0 unspecified atom stereocenters. The SMILES string of the molecule is CN(CCl)c1ccccc1. The molecule has 0 heterocycles. The molecule has 1 nitrogen and oxygen atoms in total. The Morgan fingerprint density at radius 1 is 1.30 bits per heavy atom. The number of hydrogen-bond donors (Lipinski definition) is 0. The molecular formula is C8H10ClN. The molecule has 1 aromatic carbocycles. The molecule has 0 saturated heterocycles. The molecule has 1 rings (SSSR count). The third kappa shape index (κ3) is 1.64. The van der Waals surface area contributed by atoms with E-state index in [1.54, 1.807) is 0 Å². The van der Waals surface area contributed by atoms with Crippen molar-refractivity contribution >= 4 is 17.3 Å². The number of hydrogen-bond acceptors (Lipinski definition) is 1. The number of halogens is 1. The van der Waals surface area contributed by atoms with E-state index in [1.807, 2.05) is 42.3 Å². The van der Waals surface area contributed by atoms with Crippen molar-refractivity contribution in [3.05, 3.63) is 30.3 Å². The van der Waals surface area contributed by atoms with Crippen molar-refractivity contribution in [3.8, 4) is 0 Å². The Morgan fingerprint density at radius 3 is 2.40 bits per heavy atom. The highest BCUT2D eigenvalue weighted by molar-refractivity contribution is 6.18. The van der Waals surface area contributed by atoms with Crippen LogP contribution in [0.25, 0.3) is 0 Å². The highest BCUT2D eigenvalue weighted by Gasteiger charge is 1.93. The lowest BCUT2D eigenvalue weighted by Crippen LogP contribution is -2.13. The van der Waals surface area contributed by atoms with Gasteiger partial charge in [0.15, 0.2) is 0 Å². The highest BCUT2D eigenvalue weighted by Crippen LogP contribution is 2.10. The summed E-state index contributed by atoms with van der Waals surface area (Å²) in [5, 5.41) is 0. The molecular weight excluding hydrogens is 146 g/mol. The van der Waals surface area contributed by atoms with Gasteiger partial charge in [0.2, 0.25) is 0 Å². The molecule has 0 bridgehead atoms. The summed E-state index contributed by atoms with van der Waals surface area (Å²) < 4.78 is 0. The van der Waals surface area contributed by atoms with Gasteiger partial charge in [0.25, 0.3) is 0 Å². The van der Waals surface area contributed by atoms with Gasteiger partial charge in [-0.1, -0.05) is 18.2 Å². The fraction of sp³-hybridized carbons (Fsp3) is 0.250. The summed E-state index contributed by atoms with van der Waals surface area (Å²) in [6.07, 6.45) is 0. The summed E-state index contributed by atoms with van der Waals surface area (Å²) in [4.78, 5) is 1.97. The Labute approximate surface area is 66.2 Å². The van der Waals surface area contributed by atoms with Crippen LogP contribution < -0.4 is 4.90 Å². The monoisotopic (exact) mass is 155 g/mol. The van der Waals surface area contributed by atoms with Crippen molar-refractivity contribution in [2.45, 2.75) is 0 Å². The van der Waals surface area contributed by atoms with Crippen LogP contribution in [0.4, 0.5) is 5.69 Å². The normalized spacial score (nSPS) is 9.40. The first-order valence-electron chi connectivity index (χ1n) is 3.16. The van der Waals surface area contributed by atoms with Crippen molar-refractivity contribution in [2.24, 2.45) is 0 Å². The van der Waals surface area contributed by atoms with Gasteiger partial charge in [-0.3, -0.25) is 0 Å². The maximum Gasteiger partial charge on any atom is 0.0925 e. The molecule has 0 aliphatic heterocycles. The van der Waals surface area contributed by atoms with Gasteiger partial charge in [0.1, 0.15) is 0 Å². The van der Waals surface area contributed by atoms with Crippen LogP contribution in [0.5, 0.6) is 0 Å². The van der Waals surface area contributed by atoms with Crippen molar-refractivity contribution in [1.82, 2.24) is 0 Å². The van der Waals surface area contributed by atoms with Gasteiger partial charge >= 0.3 is 0 Å². The Balaban J connectivity index is 2.75. The predicted octanol–water partition coefficient (Wildman–Crippen LogP) is 2.32. The third-order valence-electron chi connectivity index (χ3n) is 1.38. The molecule has 0 saturated carbocycles. The third-order valence-corrected chi connectivity index (χ3v) is 1.73. The fourth-order valence-electron chi connectivity index (χ4n) is 0.751. The van der Waals surface area contributed by atoms with Crippen LogP contribution in [-0.4, -0.2) is 13.1 Å². The zero-order chi connectivity index (χ0) is 7.40. The topological polar surface area (TPSA) is 3.24 Å². The minimum atomic E-state index is 0.532. The predicted molar refractivity (Wildman–Crippen MR) is 45.6 cm³/mol. The lowest BCUT2D eigenvalue weighted by Gasteiger charge is -2.14. The largest absolute Gasteiger partial charge is 0.361 e. The van der Waals surface area contributed by atoms with Crippen LogP contribution in [0.15, 0.2) is 30.3 Å². The van der Waals surface area contributed by atoms with Crippen LogP contribution in [-0.2, 0) is 0 Å². The van der Waals surface area contributed by atoms with E-state index in [9.17, 15) is 0 Å². The minimum Gasteiger partial charge on any atom is -0.361 e. The minimum absolute atomic E-state index is 0.532. The molecule has 0 aliphatic carbocycles. The van der Waals surface area contributed by atoms with Crippen molar-refractivity contribution < 1.29 is 0 Å². The lowest BCUT2D eigenvalue weighted by atomic mass is 10.3. The number of benzene rings is 1. The second-order valence-electron chi connectivity index (χ2n) is 2.15. The smallest absolute Gasteiger partial charge is 0.0925 e. The van der Waals surface area contributed by atoms with Gasteiger partial charge in [-0.25, -0.2) is 0 Å². The molecule has 0 aromatic heterocycles. The second kappa shape index (κ2) is 3.47. The summed E-state index contributed by atoms with van der Waals surface area (Å²) in [5.41, 5.74) is 1.15. The Morgan fingerprint density at radius 2 is 1.90 bits per heavy atom. The Kier molecular flexibility index (Phi) is 2.57. The van der Waals surface area contributed by atoms with E-state index in [4.69, 9.17) is 11.6 Å². The molecule has 0 fully saturated rings. The van der Waals surface area contributed by atoms with Crippen molar-refractivity contribution in [3.63, 3.8) is 0 Å². The lowest BCUT2D eigenvalue weighted by molar-refractivity contribution is 1.09. The van der Waals surface area contributed by atoms with Crippen LogP contribution in [0.3, 0.4) is 0 Å². The number of para-hydroxylation sites is 1. The van der Waals surface area contributed by atoms with Gasteiger partial charge in [0, 0.05) is 12.7 Å². The average molecular weight is 156 g/mol. The summed E-state index contributed by atoms with van der Waals surface area (Å²) in [6.45, 7) is 0. The summed E-state index contributed by atoms with van der Waals surface area (Å²) >= 11 is 5.61. The molecule has 0 aliphatic rings. The Bertz CT molecular complexity index is 186. The summed E-state index contributed by atoms with van der Waals surface area (Å²) in [6, 6.07) is 10.6. The van der Waals surface area contributed by atoms with Gasteiger partial charge in [-0.2, -0.15) is 0 Å². The standard InChI is InChI=1S/C8H10ClN/c1-10(7-9)8-5-3-2-4-6-8/h2-6H,7H2,1H3. The van der Waals surface area contributed by atoms with E-state index in [0.29, 0.717) is 6.00 Å². The number of anilines is 1. The fourth-order valence-corrected chi connectivity index (χ4v) is 0.889. The number of alkyl halides is 1. The molecule has 10 heavy (non-hydrogen) atoms. The molecule has 0 atom stereocenters. The van der Waals surface area contributed by atoms with E-state index in [2.05, 4.69) is 0 Å². The molecule has 0 amide bonds. The van der Waals surface area contributed by atoms with Gasteiger partial charge in [-0.15, -0.1) is 11.6 Å². The van der Waals surface area contributed by atoms with E-state index in [-0.39, 0.29) is 0 Å². The maximum absolute atomic E-state index is 5.61. The zero-order valence-electron chi connectivity index (χ0n) is 5.92. The number of nitrogens with zero attached hydrogens (tertiary/aromatic N) is 1. The summed E-state index contributed by atoms with van der Waals surface area (Å²) in [5.74, 6) is 0. The van der Waals surface area contributed by atoms with Crippen molar-refractivity contribution in [2.75, 3.05) is 18.0 Å². The van der Waals surface area contributed by atoms with Crippen LogP contribution in [0, 0.1) is 0 Å². The van der Waals surface area contributed by atoms with Crippen molar-refractivity contribution in [1.29, 1.82) is 0 Å². The van der Waals surface area contributed by atoms with Gasteiger partial charge < -0.3 is 4.90 Å².